The highest BCUT2D eigenvalue weighted by Crippen LogP contribution is 2.14. The average Bonchev–Trinajstić information content (AvgIpc) is 2.29. The van der Waals surface area contributed by atoms with Crippen molar-refractivity contribution in [3.05, 3.63) is 21.6 Å². The van der Waals surface area contributed by atoms with Gasteiger partial charge in [-0.05, 0) is 6.92 Å². The molecule has 0 saturated carbocycles. The van der Waals surface area contributed by atoms with Crippen LogP contribution in [0, 0.1) is 0 Å². The molecule has 94 valence electrons. The molecule has 0 atom stereocenters. The number of nitrogens with zero attached hydrogens (tertiary/aromatic N) is 2. The van der Waals surface area contributed by atoms with Crippen molar-refractivity contribution in [3.8, 4) is 0 Å². The molecule has 1 aromatic heterocycles. The summed E-state index contributed by atoms with van der Waals surface area (Å²) in [7, 11) is 0. The summed E-state index contributed by atoms with van der Waals surface area (Å²) in [5.74, 6) is 0. The fraction of sp³-hybridized carbons (Fsp3) is 0.444. The molecule has 0 fully saturated rings. The summed E-state index contributed by atoms with van der Waals surface area (Å²) >= 11 is 5.85. The smallest absolute Gasteiger partial charge is 0.404 e. The molecule has 0 bridgehead atoms. The number of aromatic nitrogens is 2. The van der Waals surface area contributed by atoms with Crippen LogP contribution in [0.25, 0.3) is 0 Å². The molecule has 1 rings (SSSR count). The van der Waals surface area contributed by atoms with E-state index in [-0.39, 0.29) is 17.2 Å². The minimum atomic E-state index is -0.850. The Morgan fingerprint density at radius 3 is 3.00 bits per heavy atom. The minimum absolute atomic E-state index is 0.0564. The number of halogens is 1. The van der Waals surface area contributed by atoms with Crippen LogP contribution in [0.3, 0.4) is 0 Å². The zero-order valence-corrected chi connectivity index (χ0v) is 10.0. The summed E-state index contributed by atoms with van der Waals surface area (Å²) in [5, 5.41) is 6.77. The first kappa shape index (κ1) is 13.3. The first-order valence-electron chi connectivity index (χ1n) is 4.98. The maximum atomic E-state index is 11.6. The van der Waals surface area contributed by atoms with Crippen LogP contribution in [0.1, 0.15) is 6.92 Å². The van der Waals surface area contributed by atoms with Crippen LogP contribution in [0.15, 0.2) is 11.0 Å². The van der Waals surface area contributed by atoms with Crippen molar-refractivity contribution in [2.24, 2.45) is 5.73 Å². The molecule has 0 aliphatic heterocycles. The van der Waals surface area contributed by atoms with Crippen molar-refractivity contribution >= 4 is 23.4 Å². The van der Waals surface area contributed by atoms with E-state index in [2.05, 4.69) is 15.2 Å². The number of rotatable bonds is 5. The number of nitrogens with one attached hydrogen (secondary N) is 1. The summed E-state index contributed by atoms with van der Waals surface area (Å²) in [5.41, 5.74) is 4.82. The highest BCUT2D eigenvalue weighted by molar-refractivity contribution is 6.32. The van der Waals surface area contributed by atoms with Crippen molar-refractivity contribution in [2.75, 3.05) is 18.5 Å². The van der Waals surface area contributed by atoms with Crippen LogP contribution in [0.2, 0.25) is 5.02 Å². The third kappa shape index (κ3) is 3.63. The van der Waals surface area contributed by atoms with Crippen LogP contribution in [0.5, 0.6) is 0 Å². The van der Waals surface area contributed by atoms with E-state index < -0.39 is 6.09 Å². The first-order chi connectivity index (χ1) is 8.06. The summed E-state index contributed by atoms with van der Waals surface area (Å²) in [6.07, 6.45) is 0.592. The number of ether oxygens (including phenoxy) is 1. The molecule has 7 nitrogen and oxygen atoms in total. The Balaban J connectivity index is 2.63. The van der Waals surface area contributed by atoms with Gasteiger partial charge < -0.3 is 15.8 Å². The van der Waals surface area contributed by atoms with Gasteiger partial charge in [0.1, 0.15) is 11.6 Å². The second kappa shape index (κ2) is 6.09. The van der Waals surface area contributed by atoms with Gasteiger partial charge >= 0.3 is 6.09 Å². The maximum absolute atomic E-state index is 11.6. The Kier molecular flexibility index (Phi) is 4.77. The molecular weight excluding hydrogens is 248 g/mol. The molecule has 1 amide bonds. The van der Waals surface area contributed by atoms with E-state index in [0.29, 0.717) is 18.8 Å². The van der Waals surface area contributed by atoms with Crippen LogP contribution < -0.4 is 16.6 Å². The van der Waals surface area contributed by atoms with Gasteiger partial charge in [-0.1, -0.05) is 11.6 Å². The SMILES string of the molecule is CCn1ncc(NCCOC(N)=O)c(Cl)c1=O. The van der Waals surface area contributed by atoms with Gasteiger partial charge in [-0.15, -0.1) is 0 Å². The number of nitrogens with two attached hydrogens (primary N) is 1. The molecular formula is C9H13ClN4O3. The van der Waals surface area contributed by atoms with E-state index in [9.17, 15) is 9.59 Å². The second-order valence-electron chi connectivity index (χ2n) is 3.09. The largest absolute Gasteiger partial charge is 0.448 e. The van der Waals surface area contributed by atoms with Crippen molar-refractivity contribution in [1.29, 1.82) is 0 Å². The topological polar surface area (TPSA) is 99.2 Å². The van der Waals surface area contributed by atoms with E-state index in [1.54, 1.807) is 6.92 Å². The predicted octanol–water partition coefficient (Wildman–Crippen LogP) is 0.424. The fourth-order valence-corrected chi connectivity index (χ4v) is 1.36. The minimum Gasteiger partial charge on any atom is -0.448 e. The van der Waals surface area contributed by atoms with Gasteiger partial charge in [0.05, 0.1) is 11.9 Å². The number of carbonyl (C=O) groups excluding carboxylic acids is 1. The van der Waals surface area contributed by atoms with E-state index >= 15 is 0 Å². The zero-order chi connectivity index (χ0) is 12.8. The van der Waals surface area contributed by atoms with Crippen LogP contribution in [-0.4, -0.2) is 29.0 Å². The quantitative estimate of drug-likeness (QED) is 0.748. The predicted molar refractivity (Wildman–Crippen MR) is 63.2 cm³/mol. The normalized spacial score (nSPS) is 10.0. The Labute approximate surface area is 103 Å². The van der Waals surface area contributed by atoms with Crippen LogP contribution in [-0.2, 0) is 11.3 Å². The number of anilines is 1. The highest BCUT2D eigenvalue weighted by Gasteiger charge is 2.07. The van der Waals surface area contributed by atoms with Crippen molar-refractivity contribution in [2.45, 2.75) is 13.5 Å². The molecule has 0 aromatic carbocycles. The standard InChI is InChI=1S/C9H13ClN4O3/c1-2-14-8(15)7(10)6(5-13-14)12-3-4-17-9(11)16/h5,12H,2-4H2,1H3,(H2,11,16). The molecule has 1 aromatic rings. The Morgan fingerprint density at radius 2 is 2.41 bits per heavy atom. The van der Waals surface area contributed by atoms with Crippen molar-refractivity contribution in [3.63, 3.8) is 0 Å². The lowest BCUT2D eigenvalue weighted by molar-refractivity contribution is 0.161. The molecule has 0 saturated heterocycles. The fourth-order valence-electron chi connectivity index (χ4n) is 1.15. The Morgan fingerprint density at radius 1 is 1.71 bits per heavy atom. The summed E-state index contributed by atoms with van der Waals surface area (Å²) in [6, 6.07) is 0. The molecule has 3 N–H and O–H groups in total. The summed E-state index contributed by atoms with van der Waals surface area (Å²) in [4.78, 5) is 21.9. The number of primary amides is 1. The van der Waals surface area contributed by atoms with Crippen molar-refractivity contribution < 1.29 is 9.53 Å². The molecule has 0 aliphatic rings. The lowest BCUT2D eigenvalue weighted by Crippen LogP contribution is -2.24. The van der Waals surface area contributed by atoms with E-state index in [1.807, 2.05) is 0 Å². The van der Waals surface area contributed by atoms with E-state index in [0.717, 1.165) is 0 Å². The Bertz CT molecular complexity index is 460. The third-order valence-corrected chi connectivity index (χ3v) is 2.31. The number of carbonyl (C=O) groups is 1. The highest BCUT2D eigenvalue weighted by atomic mass is 35.5. The molecule has 0 aliphatic carbocycles. The molecule has 8 heteroatoms. The Hall–Kier alpha value is -1.76. The maximum Gasteiger partial charge on any atom is 0.404 e. The van der Waals surface area contributed by atoms with Gasteiger partial charge in [0.15, 0.2) is 0 Å². The van der Waals surface area contributed by atoms with Gasteiger partial charge in [-0.25, -0.2) is 9.48 Å². The second-order valence-corrected chi connectivity index (χ2v) is 3.47. The first-order valence-corrected chi connectivity index (χ1v) is 5.35. The third-order valence-electron chi connectivity index (χ3n) is 1.95. The number of aryl methyl sites for hydroxylation is 1. The molecule has 0 unspecified atom stereocenters. The van der Waals surface area contributed by atoms with E-state index in [1.165, 1.54) is 10.9 Å². The zero-order valence-electron chi connectivity index (χ0n) is 9.27. The molecule has 17 heavy (non-hydrogen) atoms. The number of amides is 1. The van der Waals surface area contributed by atoms with Gasteiger partial charge in [0, 0.05) is 13.1 Å². The number of hydrogen-bond acceptors (Lipinski definition) is 5. The molecule has 0 spiro atoms. The average molecular weight is 261 g/mol. The number of hydrogen-bond donors (Lipinski definition) is 2. The van der Waals surface area contributed by atoms with E-state index in [4.69, 9.17) is 17.3 Å². The molecule has 0 radical (unpaired) electrons. The van der Waals surface area contributed by atoms with Gasteiger partial charge in [-0.3, -0.25) is 4.79 Å². The summed E-state index contributed by atoms with van der Waals surface area (Å²) in [6.45, 7) is 2.62. The van der Waals surface area contributed by atoms with Crippen molar-refractivity contribution in [1.82, 2.24) is 9.78 Å². The molecule has 1 heterocycles. The van der Waals surface area contributed by atoms with Crippen LogP contribution in [0.4, 0.5) is 10.5 Å². The lowest BCUT2D eigenvalue weighted by Gasteiger charge is -2.08. The van der Waals surface area contributed by atoms with Gasteiger partial charge in [0.2, 0.25) is 0 Å². The van der Waals surface area contributed by atoms with Gasteiger partial charge in [-0.2, -0.15) is 5.10 Å². The van der Waals surface area contributed by atoms with Crippen LogP contribution >= 0.6 is 11.6 Å². The lowest BCUT2D eigenvalue weighted by atomic mass is 10.4. The van der Waals surface area contributed by atoms with Gasteiger partial charge in [0.25, 0.3) is 5.56 Å². The monoisotopic (exact) mass is 260 g/mol. The summed E-state index contributed by atoms with van der Waals surface area (Å²) < 4.78 is 5.75.